The van der Waals surface area contributed by atoms with Gasteiger partial charge in [-0.1, -0.05) is 32.1 Å². The van der Waals surface area contributed by atoms with Crippen molar-refractivity contribution in [2.75, 3.05) is 6.54 Å². The fraction of sp³-hybridized carbons (Fsp3) is 0.600. The van der Waals surface area contributed by atoms with E-state index in [-0.39, 0.29) is 10.9 Å². The molecule has 1 saturated carbocycles. The van der Waals surface area contributed by atoms with E-state index in [4.69, 9.17) is 0 Å². The molecule has 1 aromatic rings. The van der Waals surface area contributed by atoms with Crippen LogP contribution in [-0.2, 0) is 10.0 Å². The Labute approximate surface area is 119 Å². The predicted molar refractivity (Wildman–Crippen MR) is 75.3 cm³/mol. The summed E-state index contributed by atoms with van der Waals surface area (Å²) in [6.45, 7) is 0.621. The molecule has 0 spiro atoms. The van der Waals surface area contributed by atoms with Crippen molar-refractivity contribution in [1.82, 2.24) is 4.31 Å². The van der Waals surface area contributed by atoms with Gasteiger partial charge in [0.2, 0.25) is 10.0 Å². The van der Waals surface area contributed by atoms with Crippen molar-refractivity contribution >= 4 is 10.0 Å². The van der Waals surface area contributed by atoms with Gasteiger partial charge in [0, 0.05) is 12.6 Å². The fourth-order valence-corrected chi connectivity index (χ4v) is 4.79. The summed E-state index contributed by atoms with van der Waals surface area (Å²) in [5.41, 5.74) is 0. The summed E-state index contributed by atoms with van der Waals surface area (Å²) < 4.78 is 39.1. The molecule has 0 aromatic heterocycles. The molecule has 1 saturated heterocycles. The molecule has 3 nitrogen and oxygen atoms in total. The molecule has 1 aliphatic carbocycles. The molecule has 1 unspecified atom stereocenters. The number of hydrogen-bond donors (Lipinski definition) is 0. The van der Waals surface area contributed by atoms with Crippen molar-refractivity contribution in [3.05, 3.63) is 30.1 Å². The summed E-state index contributed by atoms with van der Waals surface area (Å²) in [4.78, 5) is 0.199. The molecule has 1 heterocycles. The quantitative estimate of drug-likeness (QED) is 0.801. The van der Waals surface area contributed by atoms with Crippen LogP contribution in [0.5, 0.6) is 0 Å². The van der Waals surface area contributed by atoms with Crippen LogP contribution in [0.3, 0.4) is 0 Å². The molecule has 110 valence electrons. The summed E-state index contributed by atoms with van der Waals surface area (Å²) in [6, 6.07) is 5.26. The van der Waals surface area contributed by atoms with E-state index >= 15 is 0 Å². The minimum absolute atomic E-state index is 0.160. The molecule has 3 rings (SSSR count). The van der Waals surface area contributed by atoms with Crippen LogP contribution in [0, 0.1) is 11.7 Å². The van der Waals surface area contributed by atoms with Gasteiger partial charge in [0.1, 0.15) is 5.82 Å². The van der Waals surface area contributed by atoms with E-state index < -0.39 is 15.8 Å². The lowest BCUT2D eigenvalue weighted by atomic mass is 9.86. The summed E-state index contributed by atoms with van der Waals surface area (Å²) >= 11 is 0. The highest BCUT2D eigenvalue weighted by atomic mass is 32.2. The lowest BCUT2D eigenvalue weighted by Crippen LogP contribution is -2.17. The number of halogens is 1. The maximum atomic E-state index is 12.9. The number of benzene rings is 1. The van der Waals surface area contributed by atoms with E-state index in [1.54, 1.807) is 4.31 Å². The largest absolute Gasteiger partial charge is 0.243 e. The maximum absolute atomic E-state index is 12.9. The van der Waals surface area contributed by atoms with Gasteiger partial charge in [0.05, 0.1) is 4.90 Å². The third-order valence-electron chi connectivity index (χ3n) is 4.41. The van der Waals surface area contributed by atoms with Crippen molar-refractivity contribution in [3.8, 4) is 0 Å². The van der Waals surface area contributed by atoms with Gasteiger partial charge in [0.25, 0.3) is 0 Å². The maximum Gasteiger partial charge on any atom is 0.243 e. The van der Waals surface area contributed by atoms with Crippen LogP contribution < -0.4 is 0 Å². The number of nitrogens with zero attached hydrogens (tertiary/aromatic N) is 1. The molecular formula is C15H20FNO2S. The first kappa shape index (κ1) is 14.0. The van der Waals surface area contributed by atoms with Crippen LogP contribution in [0.4, 0.5) is 4.39 Å². The van der Waals surface area contributed by atoms with E-state index in [1.165, 1.54) is 56.4 Å². The molecule has 0 radical (unpaired) electrons. The number of rotatable bonds is 4. The molecular weight excluding hydrogens is 277 g/mol. The lowest BCUT2D eigenvalue weighted by molar-refractivity contribution is 0.331. The minimum atomic E-state index is -3.42. The van der Waals surface area contributed by atoms with Gasteiger partial charge >= 0.3 is 0 Å². The smallest absolute Gasteiger partial charge is 0.207 e. The van der Waals surface area contributed by atoms with Crippen molar-refractivity contribution < 1.29 is 12.8 Å². The molecule has 1 aliphatic heterocycles. The van der Waals surface area contributed by atoms with Crippen molar-refractivity contribution in [1.29, 1.82) is 0 Å². The van der Waals surface area contributed by atoms with E-state index in [9.17, 15) is 12.8 Å². The first-order chi connectivity index (χ1) is 9.57. The molecule has 0 N–H and O–H groups in total. The molecule has 0 amide bonds. The second kappa shape index (κ2) is 5.45. The topological polar surface area (TPSA) is 37.1 Å². The first-order valence-electron chi connectivity index (χ1n) is 7.35. The second-order valence-corrected chi connectivity index (χ2v) is 7.81. The third kappa shape index (κ3) is 2.88. The third-order valence-corrected chi connectivity index (χ3v) is 6.35. The Morgan fingerprint density at radius 3 is 2.40 bits per heavy atom. The molecule has 2 fully saturated rings. The van der Waals surface area contributed by atoms with Crippen LogP contribution in [0.2, 0.25) is 0 Å². The normalized spacial score (nSPS) is 27.4. The summed E-state index contributed by atoms with van der Waals surface area (Å²) in [5, 5.41) is 0. The summed E-state index contributed by atoms with van der Waals surface area (Å²) in [6.07, 6.45) is 7.34. The van der Waals surface area contributed by atoms with Crippen LogP contribution in [-0.4, -0.2) is 25.3 Å². The Morgan fingerprint density at radius 2 is 1.75 bits per heavy atom. The van der Waals surface area contributed by atoms with Crippen molar-refractivity contribution in [2.45, 2.75) is 49.5 Å². The van der Waals surface area contributed by atoms with Gasteiger partial charge in [-0.2, -0.15) is 4.31 Å². The predicted octanol–water partition coefficient (Wildman–Crippen LogP) is 3.17. The van der Waals surface area contributed by atoms with Crippen LogP contribution in [0.15, 0.2) is 29.2 Å². The Balaban J connectivity index is 1.64. The average molecular weight is 297 g/mol. The zero-order valence-corrected chi connectivity index (χ0v) is 12.3. The monoisotopic (exact) mass is 297 g/mol. The Bertz CT molecular complexity index is 564. The Kier molecular flexibility index (Phi) is 3.82. The Morgan fingerprint density at radius 1 is 1.10 bits per heavy atom. The van der Waals surface area contributed by atoms with E-state index in [1.807, 2.05) is 0 Å². The highest BCUT2D eigenvalue weighted by molar-refractivity contribution is 7.89. The number of sulfonamides is 1. The summed E-state index contributed by atoms with van der Waals surface area (Å²) in [7, 11) is -3.42. The highest BCUT2D eigenvalue weighted by Crippen LogP contribution is 2.36. The van der Waals surface area contributed by atoms with E-state index in [0.29, 0.717) is 12.5 Å². The molecule has 5 heteroatoms. The van der Waals surface area contributed by atoms with Crippen molar-refractivity contribution in [2.24, 2.45) is 5.92 Å². The fourth-order valence-electron chi connectivity index (χ4n) is 3.20. The highest BCUT2D eigenvalue weighted by Gasteiger charge is 2.45. The molecule has 2 aliphatic rings. The lowest BCUT2D eigenvalue weighted by Gasteiger charge is -2.21. The molecule has 1 aromatic carbocycles. The van der Waals surface area contributed by atoms with Gasteiger partial charge in [0.15, 0.2) is 0 Å². The first-order valence-corrected chi connectivity index (χ1v) is 8.79. The average Bonchev–Trinajstić information content (AvgIpc) is 3.20. The summed E-state index contributed by atoms with van der Waals surface area (Å²) in [5.74, 6) is 0.274. The molecule has 20 heavy (non-hydrogen) atoms. The van der Waals surface area contributed by atoms with Crippen LogP contribution in [0.1, 0.15) is 38.5 Å². The van der Waals surface area contributed by atoms with Crippen molar-refractivity contribution in [3.63, 3.8) is 0 Å². The van der Waals surface area contributed by atoms with Gasteiger partial charge in [-0.3, -0.25) is 0 Å². The van der Waals surface area contributed by atoms with Gasteiger partial charge in [-0.15, -0.1) is 0 Å². The molecule has 0 bridgehead atoms. The van der Waals surface area contributed by atoms with Gasteiger partial charge in [-0.05, 0) is 36.6 Å². The molecule has 2 atom stereocenters. The van der Waals surface area contributed by atoms with Gasteiger partial charge in [-0.25, -0.2) is 12.8 Å². The van der Waals surface area contributed by atoms with Gasteiger partial charge < -0.3 is 0 Å². The van der Waals surface area contributed by atoms with Crippen LogP contribution >= 0.6 is 0 Å². The van der Waals surface area contributed by atoms with E-state index in [0.717, 1.165) is 6.42 Å². The number of hydrogen-bond acceptors (Lipinski definition) is 2. The van der Waals surface area contributed by atoms with E-state index in [2.05, 4.69) is 0 Å². The van der Waals surface area contributed by atoms with Crippen LogP contribution in [0.25, 0.3) is 0 Å². The SMILES string of the molecule is O=S(=O)(c1ccc(F)cc1)N1C[C@@H]1CC1CCCCC1. The zero-order chi connectivity index (χ0) is 14.2. The Hall–Kier alpha value is -0.940. The zero-order valence-electron chi connectivity index (χ0n) is 11.5. The standard InChI is InChI=1S/C15H20FNO2S/c16-13-6-8-15(9-7-13)20(18,19)17-11-14(17)10-12-4-2-1-3-5-12/h6-9,12,14H,1-5,10-11H2/t14-,17?/m0/s1. The minimum Gasteiger partial charge on any atom is -0.207 e. The second-order valence-electron chi connectivity index (χ2n) is 5.92.